The van der Waals surface area contributed by atoms with Gasteiger partial charge in [-0.2, -0.15) is 0 Å². The van der Waals surface area contributed by atoms with Crippen molar-refractivity contribution in [3.8, 4) is 11.3 Å². The molecule has 2 aromatic heterocycles. The number of morpholine rings is 1. The Morgan fingerprint density at radius 3 is 2.43 bits per heavy atom. The minimum atomic E-state index is -0.612. The van der Waals surface area contributed by atoms with Crippen LogP contribution in [-0.2, 0) is 14.2 Å². The van der Waals surface area contributed by atoms with Crippen molar-refractivity contribution >= 4 is 39.4 Å². The van der Waals surface area contributed by atoms with Gasteiger partial charge in [-0.3, -0.25) is 0 Å². The van der Waals surface area contributed by atoms with Gasteiger partial charge in [-0.25, -0.2) is 19.6 Å². The summed E-state index contributed by atoms with van der Waals surface area (Å²) in [6, 6.07) is 3.09. The Balaban J connectivity index is 2.14. The van der Waals surface area contributed by atoms with Gasteiger partial charge in [-0.05, 0) is 28.1 Å². The Morgan fingerprint density at radius 1 is 1.14 bits per heavy atom. The van der Waals surface area contributed by atoms with E-state index in [1.54, 1.807) is 6.07 Å². The monoisotopic (exact) mass is 450 g/mol. The summed E-state index contributed by atoms with van der Waals surface area (Å²) in [7, 11) is 2.55. The molecule has 3 rings (SSSR count). The molecular formula is C18H19BrN4O5. The van der Waals surface area contributed by atoms with Gasteiger partial charge in [0.2, 0.25) is 0 Å². The number of rotatable bonds is 4. The largest absolute Gasteiger partial charge is 0.465 e. The Morgan fingerprint density at radius 2 is 1.79 bits per heavy atom. The number of methoxy groups -OCH3 is 2. The molecule has 1 aliphatic heterocycles. The lowest BCUT2D eigenvalue weighted by atomic mass is 10.0. The highest BCUT2D eigenvalue weighted by atomic mass is 79.9. The molecule has 0 radical (unpaired) electrons. The molecule has 0 unspecified atom stereocenters. The molecule has 0 spiro atoms. The highest BCUT2D eigenvalue weighted by molar-refractivity contribution is 9.10. The number of nitrogen functional groups attached to an aromatic ring is 1. The van der Waals surface area contributed by atoms with Crippen molar-refractivity contribution < 1.29 is 23.8 Å². The number of nitrogens with zero attached hydrogens (tertiary/aromatic N) is 3. The van der Waals surface area contributed by atoms with Gasteiger partial charge in [0.15, 0.2) is 0 Å². The molecule has 0 aliphatic carbocycles. The number of halogens is 1. The van der Waals surface area contributed by atoms with E-state index in [2.05, 4.69) is 25.9 Å². The maximum atomic E-state index is 12.4. The van der Waals surface area contributed by atoms with Gasteiger partial charge in [0.1, 0.15) is 10.4 Å². The molecule has 3 heterocycles. The number of pyridine rings is 2. The normalized spacial score (nSPS) is 13.9. The molecular weight excluding hydrogens is 432 g/mol. The van der Waals surface area contributed by atoms with Gasteiger partial charge >= 0.3 is 11.9 Å². The molecule has 2 N–H and O–H groups in total. The first-order valence-electron chi connectivity index (χ1n) is 8.42. The summed E-state index contributed by atoms with van der Waals surface area (Å²) >= 11 is 3.26. The van der Waals surface area contributed by atoms with Crippen LogP contribution in [0.25, 0.3) is 11.3 Å². The topological polar surface area (TPSA) is 117 Å². The summed E-state index contributed by atoms with van der Waals surface area (Å²) in [5, 5.41) is 0. The zero-order valence-corrected chi connectivity index (χ0v) is 17.0. The first-order valence-corrected chi connectivity index (χ1v) is 9.21. The first-order chi connectivity index (χ1) is 13.5. The van der Waals surface area contributed by atoms with Crippen LogP contribution in [0.2, 0.25) is 0 Å². The van der Waals surface area contributed by atoms with E-state index in [0.717, 1.165) is 0 Å². The molecule has 0 bridgehead atoms. The summed E-state index contributed by atoms with van der Waals surface area (Å²) in [6.07, 6.45) is 1.50. The number of nitrogens with two attached hydrogens (primary N) is 1. The van der Waals surface area contributed by atoms with Crippen LogP contribution >= 0.6 is 15.9 Å². The molecule has 1 saturated heterocycles. The molecule has 148 valence electrons. The van der Waals surface area contributed by atoms with Gasteiger partial charge in [0.05, 0.1) is 49.9 Å². The number of carbonyl (C=O) groups excluding carboxylic acids is 2. The average Bonchev–Trinajstić information content (AvgIpc) is 2.74. The van der Waals surface area contributed by atoms with Gasteiger partial charge in [0.25, 0.3) is 0 Å². The summed E-state index contributed by atoms with van der Waals surface area (Å²) in [4.78, 5) is 35.3. The van der Waals surface area contributed by atoms with Crippen molar-refractivity contribution in [3.05, 3.63) is 34.1 Å². The predicted octanol–water partition coefficient (Wildman–Crippen LogP) is 1.90. The zero-order valence-electron chi connectivity index (χ0n) is 15.4. The van der Waals surface area contributed by atoms with E-state index < -0.39 is 11.9 Å². The summed E-state index contributed by atoms with van der Waals surface area (Å²) < 4.78 is 15.4. The van der Waals surface area contributed by atoms with E-state index >= 15 is 0 Å². The standard InChI is InChI=1S/C18H19BrN4O5/c1-26-17(24)10-8-14(23-3-5-28-6-4-23)21-9-12(10)16-15(20)11(18(25)27-2)7-13(19)22-16/h7-9H,3-6,20H2,1-2H3. The second-order valence-corrected chi connectivity index (χ2v) is 6.74. The van der Waals surface area contributed by atoms with Crippen LogP contribution in [0.5, 0.6) is 0 Å². The third kappa shape index (κ3) is 3.92. The summed E-state index contributed by atoms with van der Waals surface area (Å²) in [5.41, 5.74) is 7.21. The smallest absolute Gasteiger partial charge is 0.340 e. The van der Waals surface area contributed by atoms with Crippen LogP contribution in [0, 0.1) is 0 Å². The number of aromatic nitrogens is 2. The van der Waals surface area contributed by atoms with Gasteiger partial charge in [-0.15, -0.1) is 0 Å². The van der Waals surface area contributed by atoms with E-state index in [-0.39, 0.29) is 22.5 Å². The number of carbonyl (C=O) groups is 2. The number of esters is 2. The molecule has 1 aliphatic rings. The molecule has 0 atom stereocenters. The molecule has 9 nitrogen and oxygen atoms in total. The second kappa shape index (κ2) is 8.53. The fourth-order valence-electron chi connectivity index (χ4n) is 2.89. The molecule has 0 saturated carbocycles. The number of hydrogen-bond donors (Lipinski definition) is 1. The Hall–Kier alpha value is -2.72. The third-order valence-corrected chi connectivity index (χ3v) is 4.72. The maximum absolute atomic E-state index is 12.4. The van der Waals surface area contributed by atoms with Crippen LogP contribution in [0.3, 0.4) is 0 Å². The summed E-state index contributed by atoms with van der Waals surface area (Å²) in [6.45, 7) is 2.49. The zero-order chi connectivity index (χ0) is 20.3. The minimum Gasteiger partial charge on any atom is -0.465 e. The predicted molar refractivity (Wildman–Crippen MR) is 105 cm³/mol. The number of ether oxygens (including phenoxy) is 3. The first kappa shape index (κ1) is 20.0. The van der Waals surface area contributed by atoms with Crippen LogP contribution in [0.15, 0.2) is 22.9 Å². The van der Waals surface area contributed by atoms with Crippen molar-refractivity contribution in [2.24, 2.45) is 0 Å². The lowest BCUT2D eigenvalue weighted by Gasteiger charge is -2.28. The lowest BCUT2D eigenvalue weighted by molar-refractivity contribution is 0.0593. The molecule has 0 aromatic carbocycles. The van der Waals surface area contributed by atoms with E-state index in [4.69, 9.17) is 19.9 Å². The highest BCUT2D eigenvalue weighted by Crippen LogP contribution is 2.33. The summed E-state index contributed by atoms with van der Waals surface area (Å²) in [5.74, 6) is -0.554. The third-order valence-electron chi connectivity index (χ3n) is 4.32. The Kier molecular flexibility index (Phi) is 6.10. The minimum absolute atomic E-state index is 0.0844. The quantitative estimate of drug-likeness (QED) is 0.550. The SMILES string of the molecule is COC(=O)c1cc(N2CCOCC2)ncc1-c1nc(Br)cc(C(=O)OC)c1N. The maximum Gasteiger partial charge on any atom is 0.340 e. The highest BCUT2D eigenvalue weighted by Gasteiger charge is 2.24. The molecule has 2 aromatic rings. The fraction of sp³-hybridized carbons (Fsp3) is 0.333. The van der Waals surface area contributed by atoms with E-state index in [9.17, 15) is 9.59 Å². The van der Waals surface area contributed by atoms with E-state index in [1.165, 1.54) is 26.5 Å². The Labute approximate surface area is 169 Å². The van der Waals surface area contributed by atoms with Crippen molar-refractivity contribution in [1.82, 2.24) is 9.97 Å². The van der Waals surface area contributed by atoms with Crippen LogP contribution in [0.4, 0.5) is 11.5 Å². The van der Waals surface area contributed by atoms with Crippen molar-refractivity contribution in [2.75, 3.05) is 51.2 Å². The van der Waals surface area contributed by atoms with Crippen molar-refractivity contribution in [3.63, 3.8) is 0 Å². The van der Waals surface area contributed by atoms with Crippen molar-refractivity contribution in [2.45, 2.75) is 0 Å². The molecule has 10 heteroatoms. The van der Waals surface area contributed by atoms with Gasteiger partial charge < -0.3 is 24.8 Å². The van der Waals surface area contributed by atoms with Crippen molar-refractivity contribution in [1.29, 1.82) is 0 Å². The molecule has 0 amide bonds. The van der Waals surface area contributed by atoms with E-state index in [0.29, 0.717) is 42.3 Å². The van der Waals surface area contributed by atoms with Crippen LogP contribution in [-0.4, -0.2) is 62.4 Å². The average molecular weight is 451 g/mol. The second-order valence-electron chi connectivity index (χ2n) is 5.93. The van der Waals surface area contributed by atoms with Crippen LogP contribution < -0.4 is 10.6 Å². The fourth-order valence-corrected chi connectivity index (χ4v) is 3.29. The Bertz CT molecular complexity index is 915. The van der Waals surface area contributed by atoms with Gasteiger partial charge in [0, 0.05) is 24.8 Å². The van der Waals surface area contributed by atoms with E-state index in [1.807, 2.05) is 4.90 Å². The van der Waals surface area contributed by atoms with Crippen LogP contribution in [0.1, 0.15) is 20.7 Å². The number of anilines is 2. The molecule has 1 fully saturated rings. The number of hydrogen-bond acceptors (Lipinski definition) is 9. The molecule has 28 heavy (non-hydrogen) atoms. The lowest BCUT2D eigenvalue weighted by Crippen LogP contribution is -2.36. The van der Waals surface area contributed by atoms with Gasteiger partial charge in [-0.1, -0.05) is 0 Å².